The van der Waals surface area contributed by atoms with Crippen LogP contribution < -0.4 is 5.32 Å². The van der Waals surface area contributed by atoms with Crippen molar-refractivity contribution in [3.63, 3.8) is 0 Å². The average Bonchev–Trinajstić information content (AvgIpc) is 2.27. The molecule has 2 aromatic rings. The monoisotopic (exact) mass is 310 g/mol. The molecule has 1 heterocycles. The van der Waals surface area contributed by atoms with Crippen LogP contribution in [0.3, 0.4) is 0 Å². The van der Waals surface area contributed by atoms with Crippen LogP contribution in [-0.4, -0.2) is 4.98 Å². The van der Waals surface area contributed by atoms with Gasteiger partial charge in [0.1, 0.15) is 5.82 Å². The Hall–Kier alpha value is -1.06. The van der Waals surface area contributed by atoms with E-state index in [4.69, 9.17) is 11.6 Å². The van der Waals surface area contributed by atoms with Gasteiger partial charge in [0.15, 0.2) is 0 Å². The summed E-state index contributed by atoms with van der Waals surface area (Å²) in [4.78, 5) is 4.32. The lowest BCUT2D eigenvalue weighted by molar-refractivity contribution is 1.24. The molecule has 0 aliphatic carbocycles. The molecule has 0 atom stereocenters. The van der Waals surface area contributed by atoms with Crippen molar-refractivity contribution in [3.8, 4) is 0 Å². The summed E-state index contributed by atoms with van der Waals surface area (Å²) in [5.74, 6) is 0.788. The molecule has 0 unspecified atom stereocenters. The first-order valence-electron chi connectivity index (χ1n) is 5.21. The maximum absolute atomic E-state index is 6.07. The zero-order valence-electron chi connectivity index (χ0n) is 9.59. The second-order valence-corrected chi connectivity index (χ2v) is 5.19. The van der Waals surface area contributed by atoms with E-state index >= 15 is 0 Å². The van der Waals surface area contributed by atoms with E-state index in [9.17, 15) is 0 Å². The number of aryl methyl sites for hydroxylation is 2. The van der Waals surface area contributed by atoms with Crippen molar-refractivity contribution in [2.75, 3.05) is 5.32 Å². The number of anilines is 2. The van der Waals surface area contributed by atoms with Gasteiger partial charge in [0, 0.05) is 16.9 Å². The highest BCUT2D eigenvalue weighted by Crippen LogP contribution is 2.26. The second-order valence-electron chi connectivity index (χ2n) is 3.93. The molecule has 2 nitrogen and oxygen atoms in total. The van der Waals surface area contributed by atoms with Gasteiger partial charge in [-0.15, -0.1) is 0 Å². The molecule has 0 spiro atoms. The van der Waals surface area contributed by atoms with Crippen molar-refractivity contribution in [1.82, 2.24) is 4.98 Å². The molecular weight excluding hydrogens is 300 g/mol. The predicted octanol–water partition coefficient (Wildman–Crippen LogP) is 4.86. The van der Waals surface area contributed by atoms with Crippen LogP contribution in [0.4, 0.5) is 11.5 Å². The molecule has 0 bridgehead atoms. The molecule has 1 aromatic heterocycles. The zero-order valence-corrected chi connectivity index (χ0v) is 11.9. The van der Waals surface area contributed by atoms with Gasteiger partial charge in [0.2, 0.25) is 0 Å². The van der Waals surface area contributed by atoms with Gasteiger partial charge in [-0.05, 0) is 59.1 Å². The summed E-state index contributed by atoms with van der Waals surface area (Å²) in [5, 5.41) is 3.97. The van der Waals surface area contributed by atoms with Gasteiger partial charge in [-0.3, -0.25) is 0 Å². The minimum absolute atomic E-state index is 0.748. The fourth-order valence-electron chi connectivity index (χ4n) is 1.43. The normalized spacial score (nSPS) is 10.4. The van der Waals surface area contributed by atoms with Crippen LogP contribution in [0.25, 0.3) is 0 Å². The van der Waals surface area contributed by atoms with Crippen LogP contribution in [0.15, 0.2) is 34.9 Å². The first-order valence-corrected chi connectivity index (χ1v) is 6.38. The first-order chi connectivity index (χ1) is 8.06. The molecule has 17 heavy (non-hydrogen) atoms. The Morgan fingerprint density at radius 1 is 1.24 bits per heavy atom. The molecule has 1 N–H and O–H groups in total. The quantitative estimate of drug-likeness (QED) is 0.857. The van der Waals surface area contributed by atoms with E-state index in [1.165, 1.54) is 0 Å². The number of rotatable bonds is 2. The lowest BCUT2D eigenvalue weighted by Crippen LogP contribution is -1.95. The third-order valence-corrected chi connectivity index (χ3v) is 3.42. The maximum atomic E-state index is 6.07. The number of hydrogen-bond acceptors (Lipinski definition) is 2. The van der Waals surface area contributed by atoms with E-state index in [0.717, 1.165) is 32.1 Å². The Kier molecular flexibility index (Phi) is 3.69. The fraction of sp³-hybridized carbons (Fsp3) is 0.154. The maximum Gasteiger partial charge on any atom is 0.144 e. The van der Waals surface area contributed by atoms with Crippen molar-refractivity contribution in [3.05, 3.63) is 51.1 Å². The number of nitrogens with one attached hydrogen (secondary N) is 1. The smallest absolute Gasteiger partial charge is 0.144 e. The molecule has 0 saturated carbocycles. The van der Waals surface area contributed by atoms with Gasteiger partial charge in [-0.25, -0.2) is 4.98 Å². The zero-order chi connectivity index (χ0) is 12.4. The molecule has 0 fully saturated rings. The molecule has 2 rings (SSSR count). The van der Waals surface area contributed by atoms with Crippen molar-refractivity contribution >= 4 is 39.0 Å². The van der Waals surface area contributed by atoms with Gasteiger partial charge < -0.3 is 5.32 Å². The summed E-state index contributed by atoms with van der Waals surface area (Å²) in [6.45, 7) is 3.98. The largest absolute Gasteiger partial charge is 0.339 e. The summed E-state index contributed by atoms with van der Waals surface area (Å²) in [5.41, 5.74) is 3.11. The summed E-state index contributed by atoms with van der Waals surface area (Å²) in [6.07, 6.45) is 1.82. The summed E-state index contributed by atoms with van der Waals surface area (Å²) in [7, 11) is 0. The third-order valence-electron chi connectivity index (χ3n) is 2.41. The van der Waals surface area contributed by atoms with E-state index in [0.29, 0.717) is 0 Å². The lowest BCUT2D eigenvalue weighted by atomic mass is 10.2. The highest BCUT2D eigenvalue weighted by molar-refractivity contribution is 9.10. The molecule has 0 saturated heterocycles. The highest BCUT2D eigenvalue weighted by atomic mass is 79.9. The van der Waals surface area contributed by atoms with Crippen LogP contribution in [0.2, 0.25) is 5.02 Å². The highest BCUT2D eigenvalue weighted by Gasteiger charge is 2.03. The molecule has 0 aliphatic rings. The predicted molar refractivity (Wildman–Crippen MR) is 76.1 cm³/mol. The van der Waals surface area contributed by atoms with Crippen LogP contribution in [0.5, 0.6) is 0 Å². The lowest BCUT2D eigenvalue weighted by Gasteiger charge is -2.09. The topological polar surface area (TPSA) is 24.9 Å². The minimum atomic E-state index is 0.748. The number of nitrogens with zero attached hydrogens (tertiary/aromatic N) is 1. The minimum Gasteiger partial charge on any atom is -0.339 e. The van der Waals surface area contributed by atoms with Crippen LogP contribution in [0.1, 0.15) is 11.1 Å². The van der Waals surface area contributed by atoms with Crippen molar-refractivity contribution < 1.29 is 0 Å². The van der Waals surface area contributed by atoms with Gasteiger partial charge >= 0.3 is 0 Å². The Bertz CT molecular complexity index is 555. The molecule has 0 radical (unpaired) electrons. The van der Waals surface area contributed by atoms with Gasteiger partial charge in [-0.1, -0.05) is 17.7 Å². The van der Waals surface area contributed by atoms with Crippen LogP contribution in [-0.2, 0) is 0 Å². The Morgan fingerprint density at radius 2 is 2.00 bits per heavy atom. The van der Waals surface area contributed by atoms with Crippen molar-refractivity contribution in [2.45, 2.75) is 13.8 Å². The molecule has 1 aromatic carbocycles. The first kappa shape index (κ1) is 12.4. The number of aromatic nitrogens is 1. The summed E-state index contributed by atoms with van der Waals surface area (Å²) < 4.78 is 0.939. The average molecular weight is 312 g/mol. The SMILES string of the molecule is Cc1cnc(Nc2ccc(C)c(Cl)c2)c(Br)c1. The molecular formula is C13H12BrClN2. The van der Waals surface area contributed by atoms with Gasteiger partial charge in [0.05, 0.1) is 4.47 Å². The summed E-state index contributed by atoms with van der Waals surface area (Å²) >= 11 is 9.55. The standard InChI is InChI=1S/C13H12BrClN2/c1-8-5-11(14)13(16-7-8)17-10-4-3-9(2)12(15)6-10/h3-7H,1-2H3,(H,16,17). The van der Waals surface area contributed by atoms with E-state index in [1.54, 1.807) is 0 Å². The molecule has 0 aliphatic heterocycles. The Balaban J connectivity index is 2.28. The molecule has 0 amide bonds. The number of halogens is 2. The van der Waals surface area contributed by atoms with Crippen molar-refractivity contribution in [2.24, 2.45) is 0 Å². The van der Waals surface area contributed by atoms with Crippen molar-refractivity contribution in [1.29, 1.82) is 0 Å². The van der Waals surface area contributed by atoms with Crippen LogP contribution >= 0.6 is 27.5 Å². The van der Waals surface area contributed by atoms with E-state index in [-0.39, 0.29) is 0 Å². The number of pyridine rings is 1. The van der Waals surface area contributed by atoms with Gasteiger partial charge in [0.25, 0.3) is 0 Å². The van der Waals surface area contributed by atoms with E-state index in [2.05, 4.69) is 26.2 Å². The molecule has 88 valence electrons. The van der Waals surface area contributed by atoms with Gasteiger partial charge in [-0.2, -0.15) is 0 Å². The number of hydrogen-bond donors (Lipinski definition) is 1. The van der Waals surface area contributed by atoms with Crippen LogP contribution in [0, 0.1) is 13.8 Å². The number of benzene rings is 1. The Labute approximate surface area is 114 Å². The fourth-order valence-corrected chi connectivity index (χ4v) is 2.18. The second kappa shape index (κ2) is 5.07. The van der Waals surface area contributed by atoms with E-state index in [1.807, 2.05) is 44.3 Å². The van der Waals surface area contributed by atoms with E-state index < -0.39 is 0 Å². The molecule has 4 heteroatoms. The summed E-state index contributed by atoms with van der Waals surface area (Å²) in [6, 6.07) is 7.87. The third kappa shape index (κ3) is 2.99. The Morgan fingerprint density at radius 3 is 2.65 bits per heavy atom.